The Morgan fingerprint density at radius 1 is 1.23 bits per heavy atom. The van der Waals surface area contributed by atoms with Gasteiger partial charge in [-0.25, -0.2) is 19.3 Å². The number of aryl methyl sites for hydroxylation is 1. The molecule has 9 heteroatoms. The Hall–Kier alpha value is -3.75. The standard InChI is InChI=1S/C22H23N5O4/c1-13(2)27-20-17(11-24-27)16(10-18(25-20)15-6-4-14(3)5-7-15)21(29)31-12-19(28)26-9-8-23-22(26)30/h4-7,10-11,13H,8-9,12H2,1-3H3,(H,23,30). The quantitative estimate of drug-likeness (QED) is 0.635. The smallest absolute Gasteiger partial charge is 0.339 e. The highest BCUT2D eigenvalue weighted by Gasteiger charge is 2.27. The Bertz CT molecular complexity index is 1170. The highest BCUT2D eigenvalue weighted by molar-refractivity contribution is 6.05. The van der Waals surface area contributed by atoms with Gasteiger partial charge in [-0.15, -0.1) is 0 Å². The Balaban J connectivity index is 1.68. The number of esters is 1. The molecule has 1 aliphatic rings. The first kappa shape index (κ1) is 20.5. The van der Waals surface area contributed by atoms with Crippen LogP contribution in [0.25, 0.3) is 22.3 Å². The number of carbonyl (C=O) groups is 3. The number of urea groups is 1. The number of benzene rings is 1. The number of rotatable bonds is 5. The maximum atomic E-state index is 12.9. The Morgan fingerprint density at radius 2 is 1.97 bits per heavy atom. The van der Waals surface area contributed by atoms with Crippen LogP contribution in [0.3, 0.4) is 0 Å². The lowest BCUT2D eigenvalue weighted by atomic mass is 10.1. The summed E-state index contributed by atoms with van der Waals surface area (Å²) in [5.41, 5.74) is 3.40. The van der Waals surface area contributed by atoms with E-state index >= 15 is 0 Å². The molecule has 3 heterocycles. The summed E-state index contributed by atoms with van der Waals surface area (Å²) < 4.78 is 7.00. The van der Waals surface area contributed by atoms with Crippen molar-refractivity contribution in [2.45, 2.75) is 26.8 Å². The van der Waals surface area contributed by atoms with Gasteiger partial charge >= 0.3 is 12.0 Å². The molecule has 1 aromatic carbocycles. The van der Waals surface area contributed by atoms with Crippen molar-refractivity contribution >= 4 is 28.9 Å². The molecule has 1 N–H and O–H groups in total. The highest BCUT2D eigenvalue weighted by atomic mass is 16.5. The molecule has 1 aliphatic heterocycles. The van der Waals surface area contributed by atoms with Gasteiger partial charge in [-0.1, -0.05) is 29.8 Å². The molecule has 0 saturated carbocycles. The first-order chi connectivity index (χ1) is 14.8. The normalized spacial score (nSPS) is 13.7. The molecule has 2 aromatic heterocycles. The van der Waals surface area contributed by atoms with E-state index in [0.29, 0.717) is 23.3 Å². The van der Waals surface area contributed by atoms with Crippen molar-refractivity contribution in [3.8, 4) is 11.3 Å². The van der Waals surface area contributed by atoms with E-state index in [0.717, 1.165) is 16.0 Å². The average Bonchev–Trinajstić information content (AvgIpc) is 3.37. The van der Waals surface area contributed by atoms with Crippen LogP contribution < -0.4 is 5.32 Å². The fraction of sp³-hybridized carbons (Fsp3) is 0.318. The monoisotopic (exact) mass is 421 g/mol. The largest absolute Gasteiger partial charge is 0.452 e. The van der Waals surface area contributed by atoms with Crippen molar-refractivity contribution in [2.24, 2.45) is 0 Å². The van der Waals surface area contributed by atoms with E-state index in [1.54, 1.807) is 16.9 Å². The van der Waals surface area contributed by atoms with Crippen LogP contribution in [-0.2, 0) is 9.53 Å². The lowest BCUT2D eigenvalue weighted by molar-refractivity contribution is -0.130. The zero-order valence-corrected chi connectivity index (χ0v) is 17.6. The van der Waals surface area contributed by atoms with Gasteiger partial charge in [-0.05, 0) is 26.8 Å². The van der Waals surface area contributed by atoms with Crippen LogP contribution in [0, 0.1) is 6.92 Å². The van der Waals surface area contributed by atoms with Crippen molar-refractivity contribution in [2.75, 3.05) is 19.7 Å². The van der Waals surface area contributed by atoms with Crippen LogP contribution in [0.15, 0.2) is 36.5 Å². The van der Waals surface area contributed by atoms with Crippen molar-refractivity contribution in [1.29, 1.82) is 0 Å². The number of nitrogens with one attached hydrogen (secondary N) is 1. The summed E-state index contributed by atoms with van der Waals surface area (Å²) in [7, 11) is 0. The topological polar surface area (TPSA) is 106 Å². The predicted octanol–water partition coefficient (Wildman–Crippen LogP) is 2.70. The summed E-state index contributed by atoms with van der Waals surface area (Å²) in [6, 6.07) is 9.02. The first-order valence-corrected chi connectivity index (χ1v) is 10.1. The first-order valence-electron chi connectivity index (χ1n) is 10.1. The fourth-order valence-corrected chi connectivity index (χ4v) is 3.43. The minimum absolute atomic E-state index is 0.0393. The number of ether oxygens (including phenoxy) is 1. The molecular weight excluding hydrogens is 398 g/mol. The summed E-state index contributed by atoms with van der Waals surface area (Å²) >= 11 is 0. The lowest BCUT2D eigenvalue weighted by Gasteiger charge is -2.13. The van der Waals surface area contributed by atoms with Gasteiger partial charge in [0.2, 0.25) is 0 Å². The third kappa shape index (κ3) is 3.98. The number of fused-ring (bicyclic) bond motifs is 1. The van der Waals surface area contributed by atoms with E-state index in [1.807, 2.05) is 45.0 Å². The van der Waals surface area contributed by atoms with Gasteiger partial charge in [0.15, 0.2) is 12.3 Å². The van der Waals surface area contributed by atoms with Gasteiger partial charge in [-0.3, -0.25) is 9.69 Å². The molecular formula is C22H23N5O4. The minimum Gasteiger partial charge on any atom is -0.452 e. The predicted molar refractivity (Wildman–Crippen MR) is 113 cm³/mol. The van der Waals surface area contributed by atoms with E-state index in [9.17, 15) is 14.4 Å². The molecule has 3 amide bonds. The van der Waals surface area contributed by atoms with Crippen LogP contribution in [0.1, 0.15) is 35.8 Å². The summed E-state index contributed by atoms with van der Waals surface area (Å²) in [5.74, 6) is -1.23. The van der Waals surface area contributed by atoms with E-state index in [4.69, 9.17) is 9.72 Å². The zero-order valence-electron chi connectivity index (χ0n) is 17.6. The van der Waals surface area contributed by atoms with Crippen LogP contribution in [0.2, 0.25) is 0 Å². The van der Waals surface area contributed by atoms with Crippen molar-refractivity contribution < 1.29 is 19.1 Å². The summed E-state index contributed by atoms with van der Waals surface area (Å²) in [5, 5.41) is 7.46. The molecule has 160 valence electrons. The number of amides is 3. The third-order valence-electron chi connectivity index (χ3n) is 5.11. The number of nitrogens with zero attached hydrogens (tertiary/aromatic N) is 4. The van der Waals surface area contributed by atoms with Gasteiger partial charge in [0.25, 0.3) is 5.91 Å². The highest BCUT2D eigenvalue weighted by Crippen LogP contribution is 2.27. The van der Waals surface area contributed by atoms with Gasteiger partial charge in [0, 0.05) is 24.7 Å². The third-order valence-corrected chi connectivity index (χ3v) is 5.11. The molecule has 0 spiro atoms. The molecule has 1 saturated heterocycles. The molecule has 1 fully saturated rings. The van der Waals surface area contributed by atoms with Gasteiger partial charge in [0.1, 0.15) is 0 Å². The van der Waals surface area contributed by atoms with Gasteiger partial charge < -0.3 is 10.1 Å². The van der Waals surface area contributed by atoms with Crippen molar-refractivity contribution in [3.05, 3.63) is 47.7 Å². The van der Waals surface area contributed by atoms with E-state index in [-0.39, 0.29) is 18.2 Å². The summed E-state index contributed by atoms with van der Waals surface area (Å²) in [4.78, 5) is 42.5. The van der Waals surface area contributed by atoms with Crippen molar-refractivity contribution in [1.82, 2.24) is 25.0 Å². The van der Waals surface area contributed by atoms with E-state index in [1.165, 1.54) is 0 Å². The van der Waals surface area contributed by atoms with Gasteiger partial charge in [-0.2, -0.15) is 5.10 Å². The van der Waals surface area contributed by atoms with Crippen LogP contribution in [0.5, 0.6) is 0 Å². The van der Waals surface area contributed by atoms with E-state index in [2.05, 4.69) is 10.4 Å². The zero-order chi connectivity index (χ0) is 22.1. The Labute approximate surface area is 179 Å². The number of hydrogen-bond donors (Lipinski definition) is 1. The van der Waals surface area contributed by atoms with Crippen LogP contribution >= 0.6 is 0 Å². The number of pyridine rings is 1. The summed E-state index contributed by atoms with van der Waals surface area (Å²) in [6.45, 7) is 6.07. The molecule has 9 nitrogen and oxygen atoms in total. The maximum Gasteiger partial charge on any atom is 0.339 e. The average molecular weight is 421 g/mol. The second kappa shape index (κ2) is 8.17. The van der Waals surface area contributed by atoms with Gasteiger partial charge in [0.05, 0.1) is 22.8 Å². The molecule has 0 aliphatic carbocycles. The SMILES string of the molecule is Cc1ccc(-c2cc(C(=O)OCC(=O)N3CCNC3=O)c3cnn(C(C)C)c3n2)cc1. The lowest BCUT2D eigenvalue weighted by Crippen LogP contribution is -2.37. The number of carbonyl (C=O) groups excluding carboxylic acids is 3. The molecule has 0 unspecified atom stereocenters. The molecule has 4 rings (SSSR count). The van der Waals surface area contributed by atoms with E-state index < -0.39 is 24.5 Å². The van der Waals surface area contributed by atoms with Crippen molar-refractivity contribution in [3.63, 3.8) is 0 Å². The number of imide groups is 1. The second-order valence-corrected chi connectivity index (χ2v) is 7.69. The second-order valence-electron chi connectivity index (χ2n) is 7.69. The molecule has 31 heavy (non-hydrogen) atoms. The van der Waals surface area contributed by atoms with Crippen LogP contribution in [-0.4, -0.2) is 57.3 Å². The molecule has 0 radical (unpaired) electrons. The fourth-order valence-electron chi connectivity index (χ4n) is 3.43. The molecule has 3 aromatic rings. The minimum atomic E-state index is -0.669. The molecule has 0 bridgehead atoms. The van der Waals surface area contributed by atoms with Crippen LogP contribution in [0.4, 0.5) is 4.79 Å². The Morgan fingerprint density at radius 3 is 2.61 bits per heavy atom. The summed E-state index contributed by atoms with van der Waals surface area (Å²) in [6.07, 6.45) is 1.58. The number of hydrogen-bond acceptors (Lipinski definition) is 6. The Kier molecular flexibility index (Phi) is 5.41. The molecule has 0 atom stereocenters. The maximum absolute atomic E-state index is 12.9. The number of aromatic nitrogens is 3.